The minimum Gasteiger partial charge on any atom is -0.468 e. The largest absolute Gasteiger partial charge is 0.468 e. The number of esters is 1. The third-order valence-electron chi connectivity index (χ3n) is 3.47. The molecule has 0 radical (unpaired) electrons. The van der Waals surface area contributed by atoms with Crippen molar-refractivity contribution in [2.45, 2.75) is 70.8 Å². The van der Waals surface area contributed by atoms with Gasteiger partial charge in [0, 0.05) is 11.5 Å². The molecular weight excluding hydrogens is 268 g/mol. The summed E-state index contributed by atoms with van der Waals surface area (Å²) in [6, 6.07) is -0.239. The first kappa shape index (κ1) is 19.7. The number of nitrogens with one attached hydrogen (secondary N) is 1. The van der Waals surface area contributed by atoms with Crippen LogP contribution < -0.4 is 5.32 Å². The molecule has 1 N–H and O–H groups in total. The Bertz CT molecular complexity index is 304. The molecule has 0 saturated carbocycles. The van der Waals surface area contributed by atoms with Gasteiger partial charge in [0.25, 0.3) is 0 Å². The van der Waals surface area contributed by atoms with Crippen LogP contribution in [-0.2, 0) is 9.53 Å². The highest BCUT2D eigenvalue weighted by Crippen LogP contribution is 2.10. The van der Waals surface area contributed by atoms with E-state index >= 15 is 0 Å². The standard InChI is InChI=1S/C15H30N4O2/c1-3-4-5-6-7-8-9-11-14(15(20)21-2)17-12-10-13-18-19-16/h14,17H,3-13H2,1-2H3. The monoisotopic (exact) mass is 298 g/mol. The number of rotatable bonds is 14. The average molecular weight is 298 g/mol. The smallest absolute Gasteiger partial charge is 0.322 e. The third kappa shape index (κ3) is 12.2. The lowest BCUT2D eigenvalue weighted by molar-refractivity contribution is -0.143. The van der Waals surface area contributed by atoms with Crippen LogP contribution >= 0.6 is 0 Å². The van der Waals surface area contributed by atoms with Gasteiger partial charge < -0.3 is 10.1 Å². The van der Waals surface area contributed by atoms with E-state index in [9.17, 15) is 4.79 Å². The van der Waals surface area contributed by atoms with Crippen LogP contribution in [-0.4, -0.2) is 32.2 Å². The summed E-state index contributed by atoms with van der Waals surface area (Å²) in [5.74, 6) is -0.204. The molecule has 0 aromatic rings. The van der Waals surface area contributed by atoms with Crippen molar-refractivity contribution >= 4 is 5.97 Å². The fourth-order valence-electron chi connectivity index (χ4n) is 2.22. The fourth-order valence-corrected chi connectivity index (χ4v) is 2.22. The van der Waals surface area contributed by atoms with Crippen LogP contribution in [0.5, 0.6) is 0 Å². The maximum absolute atomic E-state index is 11.7. The highest BCUT2D eigenvalue weighted by molar-refractivity contribution is 5.75. The molecule has 6 heteroatoms. The molecule has 1 unspecified atom stereocenters. The summed E-state index contributed by atoms with van der Waals surface area (Å²) in [6.07, 6.45) is 10.2. The molecule has 0 heterocycles. The van der Waals surface area contributed by atoms with Crippen molar-refractivity contribution in [3.63, 3.8) is 0 Å². The summed E-state index contributed by atoms with van der Waals surface area (Å²) in [5, 5.41) is 6.65. The number of carbonyl (C=O) groups excluding carboxylic acids is 1. The number of nitrogens with zero attached hydrogens (tertiary/aromatic N) is 3. The van der Waals surface area contributed by atoms with Crippen molar-refractivity contribution in [2.24, 2.45) is 5.11 Å². The van der Waals surface area contributed by atoms with Crippen LogP contribution in [0.4, 0.5) is 0 Å². The molecule has 21 heavy (non-hydrogen) atoms. The zero-order valence-electron chi connectivity index (χ0n) is 13.5. The van der Waals surface area contributed by atoms with Crippen molar-refractivity contribution in [2.75, 3.05) is 20.2 Å². The molecule has 0 amide bonds. The number of ether oxygens (including phenoxy) is 1. The van der Waals surface area contributed by atoms with Gasteiger partial charge in [-0.3, -0.25) is 4.79 Å². The molecule has 0 aliphatic heterocycles. The van der Waals surface area contributed by atoms with Crippen molar-refractivity contribution in [1.82, 2.24) is 5.32 Å². The van der Waals surface area contributed by atoms with Gasteiger partial charge in [-0.15, -0.1) is 0 Å². The summed E-state index contributed by atoms with van der Waals surface area (Å²) < 4.78 is 4.82. The van der Waals surface area contributed by atoms with Gasteiger partial charge in [0.05, 0.1) is 7.11 Å². The molecule has 1 atom stereocenters. The molecule has 0 fully saturated rings. The second-order valence-corrected chi connectivity index (χ2v) is 5.25. The number of unbranched alkanes of at least 4 members (excludes halogenated alkanes) is 6. The van der Waals surface area contributed by atoms with E-state index in [1.807, 2.05) is 0 Å². The molecule has 0 bridgehead atoms. The number of methoxy groups -OCH3 is 1. The normalized spacial score (nSPS) is 11.7. The quantitative estimate of drug-likeness (QED) is 0.173. The van der Waals surface area contributed by atoms with E-state index in [4.69, 9.17) is 10.3 Å². The zero-order valence-corrected chi connectivity index (χ0v) is 13.5. The van der Waals surface area contributed by atoms with Crippen molar-refractivity contribution < 1.29 is 9.53 Å². The van der Waals surface area contributed by atoms with E-state index in [2.05, 4.69) is 22.3 Å². The highest BCUT2D eigenvalue weighted by Gasteiger charge is 2.17. The van der Waals surface area contributed by atoms with Gasteiger partial charge in [-0.1, -0.05) is 57.0 Å². The van der Waals surface area contributed by atoms with E-state index in [1.54, 1.807) is 0 Å². The molecule has 0 aromatic carbocycles. The lowest BCUT2D eigenvalue weighted by atomic mass is 10.0. The molecule has 0 aliphatic carbocycles. The van der Waals surface area contributed by atoms with E-state index in [1.165, 1.54) is 39.2 Å². The predicted molar refractivity (Wildman–Crippen MR) is 85.0 cm³/mol. The Morgan fingerprint density at radius 2 is 1.86 bits per heavy atom. The fraction of sp³-hybridized carbons (Fsp3) is 0.933. The number of azide groups is 1. The lowest BCUT2D eigenvalue weighted by Gasteiger charge is -2.16. The summed E-state index contributed by atoms with van der Waals surface area (Å²) in [7, 11) is 1.42. The minimum atomic E-state index is -0.239. The van der Waals surface area contributed by atoms with Crippen LogP contribution in [0, 0.1) is 0 Å². The summed E-state index contributed by atoms with van der Waals surface area (Å²) in [5.41, 5.74) is 8.19. The van der Waals surface area contributed by atoms with Gasteiger partial charge in [0.15, 0.2) is 0 Å². The number of hydrogen-bond donors (Lipinski definition) is 1. The van der Waals surface area contributed by atoms with Gasteiger partial charge >= 0.3 is 5.97 Å². The molecule has 0 aliphatic rings. The van der Waals surface area contributed by atoms with E-state index in [0.29, 0.717) is 13.1 Å². The molecular formula is C15H30N4O2. The van der Waals surface area contributed by atoms with Gasteiger partial charge in [0.2, 0.25) is 0 Å². The first-order valence-corrected chi connectivity index (χ1v) is 8.08. The van der Waals surface area contributed by atoms with E-state index < -0.39 is 0 Å². The Morgan fingerprint density at radius 1 is 1.19 bits per heavy atom. The SMILES string of the molecule is CCCCCCCCCC(NCCCN=[N+]=[N-])C(=O)OC. The maximum atomic E-state index is 11.7. The van der Waals surface area contributed by atoms with Gasteiger partial charge in [0.1, 0.15) is 6.04 Å². The van der Waals surface area contributed by atoms with Crippen LogP contribution in [0.25, 0.3) is 10.4 Å². The lowest BCUT2D eigenvalue weighted by Crippen LogP contribution is -2.38. The Balaban J connectivity index is 3.75. The zero-order chi connectivity index (χ0) is 15.8. The highest BCUT2D eigenvalue weighted by atomic mass is 16.5. The topological polar surface area (TPSA) is 87.1 Å². The Hall–Kier alpha value is -1.26. The molecule has 0 aromatic heterocycles. The predicted octanol–water partition coefficient (Wildman–Crippen LogP) is 3.96. The van der Waals surface area contributed by atoms with Crippen LogP contribution in [0.1, 0.15) is 64.7 Å². The maximum Gasteiger partial charge on any atom is 0.322 e. The average Bonchev–Trinajstić information content (AvgIpc) is 2.51. The van der Waals surface area contributed by atoms with Gasteiger partial charge in [-0.25, -0.2) is 0 Å². The van der Waals surface area contributed by atoms with Gasteiger partial charge in [-0.2, -0.15) is 0 Å². The van der Waals surface area contributed by atoms with Crippen LogP contribution in [0.15, 0.2) is 5.11 Å². The third-order valence-corrected chi connectivity index (χ3v) is 3.47. The first-order valence-electron chi connectivity index (χ1n) is 8.08. The second-order valence-electron chi connectivity index (χ2n) is 5.25. The van der Waals surface area contributed by atoms with Gasteiger partial charge in [-0.05, 0) is 24.9 Å². The van der Waals surface area contributed by atoms with Crippen molar-refractivity contribution in [1.29, 1.82) is 0 Å². The first-order chi connectivity index (χ1) is 10.3. The summed E-state index contributed by atoms with van der Waals surface area (Å²) >= 11 is 0. The second kappa shape index (κ2) is 15.1. The Labute approximate surface area is 128 Å². The summed E-state index contributed by atoms with van der Waals surface area (Å²) in [6.45, 7) is 3.33. The van der Waals surface area contributed by atoms with Crippen LogP contribution in [0.2, 0.25) is 0 Å². The molecule has 0 rings (SSSR count). The van der Waals surface area contributed by atoms with E-state index in [0.717, 1.165) is 25.7 Å². The molecule has 0 spiro atoms. The number of hydrogen-bond acceptors (Lipinski definition) is 4. The molecule has 0 saturated heterocycles. The Morgan fingerprint density at radius 3 is 2.48 bits per heavy atom. The number of carbonyl (C=O) groups is 1. The van der Waals surface area contributed by atoms with Crippen LogP contribution in [0.3, 0.4) is 0 Å². The Kier molecular flexibility index (Phi) is 14.2. The van der Waals surface area contributed by atoms with Crippen molar-refractivity contribution in [3.05, 3.63) is 10.4 Å². The van der Waals surface area contributed by atoms with E-state index in [-0.39, 0.29) is 12.0 Å². The minimum absolute atomic E-state index is 0.204. The molecule has 122 valence electrons. The van der Waals surface area contributed by atoms with Crippen molar-refractivity contribution in [3.8, 4) is 0 Å². The molecule has 6 nitrogen and oxygen atoms in total. The summed E-state index contributed by atoms with van der Waals surface area (Å²) in [4.78, 5) is 14.4.